The Morgan fingerprint density at radius 2 is 1.60 bits per heavy atom. The second-order valence-electron chi connectivity index (χ2n) is 12.2. The summed E-state index contributed by atoms with van der Waals surface area (Å²) in [7, 11) is 0. The maximum atomic E-state index is 12.4. The third-order valence-electron chi connectivity index (χ3n) is 8.68. The molecule has 3 fully saturated rings. The van der Waals surface area contributed by atoms with E-state index in [1.54, 1.807) is 6.07 Å². The molecule has 6 N–H and O–H groups in total. The number of aliphatic carboxylic acids is 2. The Bertz CT molecular complexity index is 1140. The van der Waals surface area contributed by atoms with Gasteiger partial charge in [0.25, 0.3) is 0 Å². The fraction of sp³-hybridized carbons (Fsp3) is 0.714. The fourth-order valence-electron chi connectivity index (χ4n) is 6.53. The van der Waals surface area contributed by atoms with Crippen molar-refractivity contribution in [3.8, 4) is 5.75 Å². The molecule has 1 aromatic carbocycles. The van der Waals surface area contributed by atoms with Gasteiger partial charge < -0.3 is 30.8 Å². The van der Waals surface area contributed by atoms with E-state index in [1.165, 1.54) is 18.4 Å². The van der Waals surface area contributed by atoms with Gasteiger partial charge in [-0.1, -0.05) is 19.9 Å². The van der Waals surface area contributed by atoms with Gasteiger partial charge in [0, 0.05) is 24.0 Å². The van der Waals surface area contributed by atoms with Gasteiger partial charge in [-0.2, -0.15) is 26.3 Å². The minimum absolute atomic E-state index is 0.0854. The number of carboxylic acids is 2. The first kappa shape index (κ1) is 34.9. The van der Waals surface area contributed by atoms with Gasteiger partial charge >= 0.3 is 24.3 Å². The quantitative estimate of drug-likeness (QED) is 0.270. The molecule has 1 aromatic rings. The molecule has 0 unspecified atom stereocenters. The van der Waals surface area contributed by atoms with Crippen LogP contribution < -0.4 is 5.32 Å². The van der Waals surface area contributed by atoms with Crippen LogP contribution in [0.1, 0.15) is 57.1 Å². The number of carbonyl (C=O) groups is 2. The van der Waals surface area contributed by atoms with E-state index in [0.717, 1.165) is 44.0 Å². The smallest absolute Gasteiger partial charge is 0.490 e. The molecular formula is C28H38F6N2O7. The summed E-state index contributed by atoms with van der Waals surface area (Å²) in [5.74, 6) is -3.96. The highest BCUT2D eigenvalue weighted by Crippen LogP contribution is 2.59. The highest BCUT2D eigenvalue weighted by atomic mass is 19.4. The lowest BCUT2D eigenvalue weighted by Gasteiger charge is -2.65. The molecule has 5 rings (SSSR count). The molecular weight excluding hydrogens is 590 g/mol. The summed E-state index contributed by atoms with van der Waals surface area (Å²) < 4.78 is 63.5. The van der Waals surface area contributed by atoms with Crippen molar-refractivity contribution in [1.82, 2.24) is 10.2 Å². The number of hydrogen-bond acceptors (Lipinski definition) is 7. The summed E-state index contributed by atoms with van der Waals surface area (Å²) in [6.45, 7) is 7.24. The Morgan fingerprint density at radius 3 is 2.09 bits per heavy atom. The van der Waals surface area contributed by atoms with Crippen molar-refractivity contribution in [2.24, 2.45) is 11.8 Å². The Hall–Kier alpha value is -2.62. The SMILES string of the molecule is CC(C)CN[C@@H]1C[C@@]2(O)[C@H]3Cc4ccc(O)cc4[C@@]2(CCN3CC2CC2)C[C@@H]1O.O=C(O)C(F)(F)F.O=C(O)C(F)(F)F. The molecule has 1 aliphatic heterocycles. The number of aliphatic hydroxyl groups excluding tert-OH is 1. The molecule has 1 saturated heterocycles. The summed E-state index contributed by atoms with van der Waals surface area (Å²) >= 11 is 0. The highest BCUT2D eigenvalue weighted by molar-refractivity contribution is 5.73. The van der Waals surface area contributed by atoms with Gasteiger partial charge in [0.2, 0.25) is 0 Å². The number of phenols is 1. The number of benzene rings is 1. The van der Waals surface area contributed by atoms with Crippen LogP contribution in [0.3, 0.4) is 0 Å². The summed E-state index contributed by atoms with van der Waals surface area (Å²) in [6, 6.07) is 5.67. The normalized spacial score (nSPS) is 30.2. The molecule has 43 heavy (non-hydrogen) atoms. The number of rotatable bonds is 5. The van der Waals surface area contributed by atoms with Crippen LogP contribution in [0.2, 0.25) is 0 Å². The maximum Gasteiger partial charge on any atom is 0.490 e. The number of phenolic OH excluding ortho intramolecular Hbond substituents is 1. The summed E-state index contributed by atoms with van der Waals surface area (Å²) in [4.78, 5) is 20.3. The van der Waals surface area contributed by atoms with E-state index in [0.29, 0.717) is 18.8 Å². The van der Waals surface area contributed by atoms with Gasteiger partial charge in [0.1, 0.15) is 5.75 Å². The number of hydrogen-bond donors (Lipinski definition) is 6. The van der Waals surface area contributed by atoms with E-state index >= 15 is 0 Å². The summed E-state index contributed by atoms with van der Waals surface area (Å²) in [5.41, 5.74) is 0.955. The number of fused-ring (bicyclic) bond motifs is 1. The first-order chi connectivity index (χ1) is 19.7. The summed E-state index contributed by atoms with van der Waals surface area (Å²) in [6.07, 6.45) is -5.23. The number of halogens is 6. The van der Waals surface area contributed by atoms with Gasteiger partial charge in [-0.3, -0.25) is 4.90 Å². The largest absolute Gasteiger partial charge is 0.508 e. The summed E-state index contributed by atoms with van der Waals surface area (Å²) in [5, 5.41) is 51.5. The van der Waals surface area contributed by atoms with E-state index in [9.17, 15) is 41.7 Å². The van der Waals surface area contributed by atoms with Crippen LogP contribution in [0.4, 0.5) is 26.3 Å². The molecule has 4 aliphatic rings. The molecule has 15 heteroatoms. The molecule has 0 radical (unpaired) electrons. The number of aromatic hydroxyl groups is 1. The second kappa shape index (κ2) is 12.8. The molecule has 3 aliphatic carbocycles. The zero-order valence-corrected chi connectivity index (χ0v) is 23.8. The zero-order chi connectivity index (χ0) is 32.5. The molecule has 5 atom stereocenters. The second-order valence-corrected chi connectivity index (χ2v) is 12.2. The first-order valence-electron chi connectivity index (χ1n) is 14.0. The minimum Gasteiger partial charge on any atom is -0.508 e. The number of nitrogens with zero attached hydrogens (tertiary/aromatic N) is 1. The predicted octanol–water partition coefficient (Wildman–Crippen LogP) is 3.44. The minimum atomic E-state index is -5.08. The number of likely N-dealkylation sites (tertiary alicyclic amines) is 1. The van der Waals surface area contributed by atoms with Gasteiger partial charge in [-0.05, 0) is 86.7 Å². The van der Waals surface area contributed by atoms with Crippen LogP contribution in [-0.2, 0) is 21.4 Å². The highest BCUT2D eigenvalue weighted by Gasteiger charge is 2.66. The van der Waals surface area contributed by atoms with E-state index in [-0.39, 0.29) is 17.8 Å². The lowest BCUT2D eigenvalue weighted by atomic mass is 9.48. The average Bonchev–Trinajstić information content (AvgIpc) is 3.69. The Labute approximate surface area is 244 Å². The van der Waals surface area contributed by atoms with Crippen molar-refractivity contribution < 1.29 is 61.5 Å². The number of piperidine rings is 1. The van der Waals surface area contributed by atoms with Crippen molar-refractivity contribution >= 4 is 11.9 Å². The third kappa shape index (κ3) is 7.91. The molecule has 0 amide bonds. The standard InChI is InChI=1S/C24H36N2O3.2C2HF3O2/c1-15(2)13-25-20-11-24(29)22-9-17-5-6-18(27)10-19(17)23(24,12-21(20)28)7-8-26(22)14-16-3-4-16;2*3-2(4,5)1(6)7/h5-6,10,15-16,20-22,25,27-29H,3-4,7-9,11-14H2,1-2H3;2*(H,6,7)/t20-,21+,22-,23-,24-;;/m1../s1. The van der Waals surface area contributed by atoms with Crippen molar-refractivity contribution in [2.45, 2.75) is 93.9 Å². The molecule has 2 bridgehead atoms. The number of nitrogens with one attached hydrogen (secondary N) is 1. The van der Waals surface area contributed by atoms with Crippen molar-refractivity contribution in [2.75, 3.05) is 19.6 Å². The number of aliphatic hydroxyl groups is 2. The Morgan fingerprint density at radius 1 is 1.05 bits per heavy atom. The van der Waals surface area contributed by atoms with Crippen molar-refractivity contribution in [1.29, 1.82) is 0 Å². The van der Waals surface area contributed by atoms with Crippen LogP contribution in [0.15, 0.2) is 18.2 Å². The Kier molecular flexibility index (Phi) is 10.4. The van der Waals surface area contributed by atoms with Gasteiger partial charge in [0.15, 0.2) is 0 Å². The lowest BCUT2D eigenvalue weighted by molar-refractivity contribution is -0.193. The molecule has 244 valence electrons. The van der Waals surface area contributed by atoms with E-state index in [4.69, 9.17) is 19.8 Å². The van der Waals surface area contributed by atoms with Crippen LogP contribution in [-0.4, -0.2) is 98.1 Å². The van der Waals surface area contributed by atoms with Gasteiger partial charge in [-0.15, -0.1) is 0 Å². The van der Waals surface area contributed by atoms with Crippen LogP contribution in [0.5, 0.6) is 5.75 Å². The van der Waals surface area contributed by atoms with Crippen LogP contribution >= 0.6 is 0 Å². The average molecular weight is 629 g/mol. The van der Waals surface area contributed by atoms with E-state index in [1.807, 2.05) is 12.1 Å². The van der Waals surface area contributed by atoms with Crippen molar-refractivity contribution in [3.63, 3.8) is 0 Å². The Balaban J connectivity index is 0.000000303. The third-order valence-corrected chi connectivity index (χ3v) is 8.68. The molecule has 2 saturated carbocycles. The van der Waals surface area contributed by atoms with Crippen LogP contribution in [0.25, 0.3) is 0 Å². The fourth-order valence-corrected chi connectivity index (χ4v) is 6.53. The topological polar surface area (TPSA) is 151 Å². The van der Waals surface area contributed by atoms with E-state index < -0.39 is 41.4 Å². The lowest BCUT2D eigenvalue weighted by Crippen LogP contribution is -2.76. The molecule has 0 aromatic heterocycles. The molecule has 1 heterocycles. The monoisotopic (exact) mass is 628 g/mol. The van der Waals surface area contributed by atoms with Gasteiger partial charge in [-0.25, -0.2) is 9.59 Å². The molecule has 9 nitrogen and oxygen atoms in total. The predicted molar refractivity (Wildman–Crippen MR) is 140 cm³/mol. The van der Waals surface area contributed by atoms with Crippen LogP contribution in [0, 0.1) is 11.8 Å². The maximum absolute atomic E-state index is 12.4. The zero-order valence-electron chi connectivity index (χ0n) is 23.8. The number of carboxylic acid groups (broad SMARTS) is 2. The molecule has 0 spiro atoms. The van der Waals surface area contributed by atoms with Gasteiger partial charge in [0.05, 0.1) is 11.7 Å². The number of alkyl halides is 6. The van der Waals surface area contributed by atoms with E-state index in [2.05, 4.69) is 24.1 Å². The van der Waals surface area contributed by atoms with Crippen molar-refractivity contribution in [3.05, 3.63) is 29.3 Å². The first-order valence-corrected chi connectivity index (χ1v) is 14.0.